The van der Waals surface area contributed by atoms with Crippen molar-refractivity contribution in [2.45, 2.75) is 12.7 Å². The number of H-pyrrole nitrogens is 1. The fraction of sp³-hybridized carbons (Fsp3) is 0.118. The molecule has 2 N–H and O–H groups in total. The van der Waals surface area contributed by atoms with Crippen molar-refractivity contribution >= 4 is 39.6 Å². The van der Waals surface area contributed by atoms with Crippen molar-refractivity contribution < 1.29 is 13.2 Å². The van der Waals surface area contributed by atoms with E-state index < -0.39 is 11.7 Å². The number of benzene rings is 2. The summed E-state index contributed by atoms with van der Waals surface area (Å²) in [6.07, 6.45) is -4.42. The minimum Gasteiger partial charge on any atom is -0.349 e. The van der Waals surface area contributed by atoms with Crippen molar-refractivity contribution in [2.75, 3.05) is 5.32 Å². The second-order valence-electron chi connectivity index (χ2n) is 5.66. The Kier molecular flexibility index (Phi) is 3.91. The van der Waals surface area contributed by atoms with Gasteiger partial charge in [0, 0.05) is 22.5 Å². The van der Waals surface area contributed by atoms with Gasteiger partial charge in [-0.05, 0) is 29.8 Å². The number of aromatic amines is 1. The maximum atomic E-state index is 13.0. The van der Waals surface area contributed by atoms with Gasteiger partial charge < -0.3 is 10.3 Å². The maximum Gasteiger partial charge on any atom is 0.416 e. The Morgan fingerprint density at radius 3 is 2.69 bits per heavy atom. The van der Waals surface area contributed by atoms with Crippen LogP contribution in [0.25, 0.3) is 22.1 Å². The molecule has 9 heteroatoms. The number of nitrogens with zero attached hydrogens (tertiary/aromatic N) is 3. The lowest BCUT2D eigenvalue weighted by Gasteiger charge is -2.12. The molecule has 5 nitrogen and oxygen atoms in total. The number of aromatic nitrogens is 4. The third kappa shape index (κ3) is 3.03. The average molecular weight is 378 g/mol. The predicted octanol–water partition coefficient (Wildman–Crippen LogP) is 4.79. The number of rotatable bonds is 3. The van der Waals surface area contributed by atoms with Crippen LogP contribution >= 0.6 is 11.6 Å². The van der Waals surface area contributed by atoms with E-state index in [9.17, 15) is 13.2 Å². The van der Waals surface area contributed by atoms with E-state index in [1.807, 2.05) is 0 Å². The Balaban J connectivity index is 1.64. The van der Waals surface area contributed by atoms with Crippen LogP contribution in [0.1, 0.15) is 11.1 Å². The summed E-state index contributed by atoms with van der Waals surface area (Å²) < 4.78 is 39.1. The molecule has 0 fully saturated rings. The Bertz CT molecular complexity index is 1110. The van der Waals surface area contributed by atoms with Gasteiger partial charge >= 0.3 is 6.18 Å². The lowest BCUT2D eigenvalue weighted by molar-refractivity contribution is -0.138. The summed E-state index contributed by atoms with van der Waals surface area (Å²) in [5.41, 5.74) is 1.23. The van der Waals surface area contributed by atoms with Crippen LogP contribution in [0.15, 0.2) is 42.5 Å². The molecule has 0 saturated heterocycles. The molecule has 2 aromatic heterocycles. The summed E-state index contributed by atoms with van der Waals surface area (Å²) in [5.74, 6) is 0.132. The first-order valence-corrected chi connectivity index (χ1v) is 8.00. The molecule has 0 spiro atoms. The van der Waals surface area contributed by atoms with E-state index >= 15 is 0 Å². The highest BCUT2D eigenvalue weighted by Gasteiger charge is 2.32. The Labute approximate surface area is 150 Å². The highest BCUT2D eigenvalue weighted by molar-refractivity contribution is 6.31. The topological polar surface area (TPSA) is 66.5 Å². The molecule has 0 saturated carbocycles. The van der Waals surface area contributed by atoms with Gasteiger partial charge in [0.15, 0.2) is 5.65 Å². The van der Waals surface area contributed by atoms with E-state index in [2.05, 4.69) is 25.5 Å². The van der Waals surface area contributed by atoms with Crippen LogP contribution in [0.4, 0.5) is 19.1 Å². The van der Waals surface area contributed by atoms with Crippen molar-refractivity contribution in [1.29, 1.82) is 0 Å². The van der Waals surface area contributed by atoms with E-state index in [0.717, 1.165) is 17.0 Å². The van der Waals surface area contributed by atoms with Crippen molar-refractivity contribution in [3.05, 3.63) is 58.6 Å². The normalized spacial score (nSPS) is 12.0. The largest absolute Gasteiger partial charge is 0.416 e. The van der Waals surface area contributed by atoms with Crippen LogP contribution in [0.2, 0.25) is 5.02 Å². The van der Waals surface area contributed by atoms with Gasteiger partial charge in [0.1, 0.15) is 5.52 Å². The van der Waals surface area contributed by atoms with E-state index in [1.165, 1.54) is 12.1 Å². The highest BCUT2D eigenvalue weighted by Crippen LogP contribution is 2.32. The van der Waals surface area contributed by atoms with E-state index in [1.54, 1.807) is 24.3 Å². The second-order valence-corrected chi connectivity index (χ2v) is 6.09. The van der Waals surface area contributed by atoms with Gasteiger partial charge in [-0.25, -0.2) is 0 Å². The minimum atomic E-state index is -4.42. The van der Waals surface area contributed by atoms with E-state index in [-0.39, 0.29) is 18.1 Å². The van der Waals surface area contributed by atoms with Crippen LogP contribution in [0.5, 0.6) is 0 Å². The molecule has 0 aliphatic heterocycles. The average Bonchev–Trinajstić information content (AvgIpc) is 2.96. The van der Waals surface area contributed by atoms with Gasteiger partial charge in [0.25, 0.3) is 0 Å². The Morgan fingerprint density at radius 1 is 1.08 bits per heavy atom. The van der Waals surface area contributed by atoms with E-state index in [4.69, 9.17) is 11.6 Å². The molecule has 0 radical (unpaired) electrons. The molecule has 26 heavy (non-hydrogen) atoms. The first-order chi connectivity index (χ1) is 12.4. The summed E-state index contributed by atoms with van der Waals surface area (Å²) in [6.45, 7) is -0.0745. The lowest BCUT2D eigenvalue weighted by Crippen LogP contribution is -2.12. The quantitative estimate of drug-likeness (QED) is 0.538. The van der Waals surface area contributed by atoms with Crippen LogP contribution in [-0.4, -0.2) is 20.2 Å². The van der Waals surface area contributed by atoms with E-state index in [0.29, 0.717) is 16.2 Å². The Hall–Kier alpha value is -2.87. The molecule has 0 aliphatic carbocycles. The molecule has 4 aromatic rings. The summed E-state index contributed by atoms with van der Waals surface area (Å²) in [6, 6.07) is 10.6. The number of hydrogen-bond donors (Lipinski definition) is 2. The molecule has 2 aromatic carbocycles. The van der Waals surface area contributed by atoms with Crippen LogP contribution < -0.4 is 5.32 Å². The summed E-state index contributed by atoms with van der Waals surface area (Å²) >= 11 is 5.99. The molecule has 4 rings (SSSR count). The fourth-order valence-electron chi connectivity index (χ4n) is 2.74. The standard InChI is InChI=1S/C17H11ClF3N5/c18-10-5-6-13-11(7-10)14-15(23-13)24-16(26-25-14)22-8-9-3-1-2-4-12(9)17(19,20)21/h1-7H,8H2,(H2,22,23,24,26). The van der Waals surface area contributed by atoms with Crippen molar-refractivity contribution in [2.24, 2.45) is 0 Å². The molecule has 0 atom stereocenters. The smallest absolute Gasteiger partial charge is 0.349 e. The van der Waals surface area contributed by atoms with Gasteiger partial charge in [-0.3, -0.25) is 0 Å². The number of anilines is 1. The van der Waals surface area contributed by atoms with Gasteiger partial charge in [0.05, 0.1) is 5.56 Å². The monoisotopic (exact) mass is 377 g/mol. The number of fused-ring (bicyclic) bond motifs is 3. The Morgan fingerprint density at radius 2 is 1.88 bits per heavy atom. The van der Waals surface area contributed by atoms with Crippen LogP contribution in [-0.2, 0) is 12.7 Å². The van der Waals surface area contributed by atoms with Gasteiger partial charge in [-0.2, -0.15) is 18.2 Å². The molecule has 0 unspecified atom stereocenters. The van der Waals surface area contributed by atoms with Gasteiger partial charge in [-0.15, -0.1) is 10.2 Å². The molecular formula is C17H11ClF3N5. The van der Waals surface area contributed by atoms with Crippen molar-refractivity contribution in [1.82, 2.24) is 20.2 Å². The molecule has 0 aliphatic rings. The molecule has 0 bridgehead atoms. The van der Waals surface area contributed by atoms with Crippen molar-refractivity contribution in [3.8, 4) is 0 Å². The SMILES string of the molecule is FC(F)(F)c1ccccc1CNc1nnc2c(n1)[nH]c1ccc(Cl)cc12. The molecule has 132 valence electrons. The summed E-state index contributed by atoms with van der Waals surface area (Å²) in [4.78, 5) is 7.37. The first kappa shape index (κ1) is 16.6. The fourth-order valence-corrected chi connectivity index (χ4v) is 2.92. The zero-order valence-corrected chi connectivity index (χ0v) is 13.9. The van der Waals surface area contributed by atoms with Crippen molar-refractivity contribution in [3.63, 3.8) is 0 Å². The predicted molar refractivity (Wildman–Crippen MR) is 93.0 cm³/mol. The number of nitrogens with one attached hydrogen (secondary N) is 2. The van der Waals surface area contributed by atoms with Gasteiger partial charge in [0.2, 0.25) is 5.95 Å². The second kappa shape index (κ2) is 6.14. The van der Waals surface area contributed by atoms with Crippen LogP contribution in [0, 0.1) is 0 Å². The third-order valence-electron chi connectivity index (χ3n) is 3.94. The van der Waals surface area contributed by atoms with Gasteiger partial charge in [-0.1, -0.05) is 29.8 Å². The zero-order valence-electron chi connectivity index (χ0n) is 13.1. The minimum absolute atomic E-state index is 0.0745. The molecule has 0 amide bonds. The molecule has 2 heterocycles. The number of halogens is 4. The van der Waals surface area contributed by atoms with Crippen LogP contribution in [0.3, 0.4) is 0 Å². The lowest BCUT2D eigenvalue weighted by atomic mass is 10.1. The summed E-state index contributed by atoms with van der Waals surface area (Å²) in [7, 11) is 0. The first-order valence-electron chi connectivity index (χ1n) is 7.62. The third-order valence-corrected chi connectivity index (χ3v) is 4.17. The summed E-state index contributed by atoms with van der Waals surface area (Å²) in [5, 5.41) is 12.2. The highest BCUT2D eigenvalue weighted by atomic mass is 35.5. The molecular weight excluding hydrogens is 367 g/mol. The zero-order chi connectivity index (χ0) is 18.3. The maximum absolute atomic E-state index is 13.0. The number of hydrogen-bond acceptors (Lipinski definition) is 4. The number of alkyl halides is 3.